The molecule has 4 heteroatoms. The Morgan fingerprint density at radius 1 is 1.14 bits per heavy atom. The van der Waals surface area contributed by atoms with Gasteiger partial charge in [-0.15, -0.1) is 0 Å². The number of rotatable bonds is 2. The van der Waals surface area contributed by atoms with Gasteiger partial charge >= 0.3 is 0 Å². The van der Waals surface area contributed by atoms with Gasteiger partial charge < -0.3 is 14.7 Å². The molecule has 2 N–H and O–H groups in total. The van der Waals surface area contributed by atoms with Crippen LogP contribution in [0.1, 0.15) is 11.5 Å². The number of nitrogens with two attached hydrogens (primary N) is 1. The van der Waals surface area contributed by atoms with Crippen molar-refractivity contribution >= 4 is 27.7 Å². The molecule has 0 saturated carbocycles. The SMILES string of the molecule is Cc1ccc2c(ccn2Cc2nc3cc(N)ccc3o2)c1. The normalized spacial score (nSPS) is 11.5. The van der Waals surface area contributed by atoms with Gasteiger partial charge in [-0.2, -0.15) is 0 Å². The summed E-state index contributed by atoms with van der Waals surface area (Å²) in [5, 5.41) is 1.23. The molecule has 0 fully saturated rings. The molecule has 0 aliphatic heterocycles. The highest BCUT2D eigenvalue weighted by molar-refractivity contribution is 5.81. The van der Waals surface area contributed by atoms with E-state index < -0.39 is 0 Å². The molecule has 0 spiro atoms. The van der Waals surface area contributed by atoms with Crippen LogP contribution in [0.2, 0.25) is 0 Å². The summed E-state index contributed by atoms with van der Waals surface area (Å²) in [6.45, 7) is 2.71. The number of nitrogen functional groups attached to an aromatic ring is 1. The number of benzene rings is 2. The molecule has 0 aliphatic rings. The van der Waals surface area contributed by atoms with Crippen molar-refractivity contribution in [2.75, 3.05) is 5.73 Å². The molecule has 0 radical (unpaired) electrons. The van der Waals surface area contributed by atoms with Gasteiger partial charge in [0.2, 0.25) is 5.89 Å². The zero-order chi connectivity index (χ0) is 14.4. The van der Waals surface area contributed by atoms with Crippen molar-refractivity contribution in [3.8, 4) is 0 Å². The van der Waals surface area contributed by atoms with Crippen LogP contribution < -0.4 is 5.73 Å². The van der Waals surface area contributed by atoms with Crippen LogP contribution in [0.5, 0.6) is 0 Å². The summed E-state index contributed by atoms with van der Waals surface area (Å²) in [5.41, 5.74) is 10.5. The van der Waals surface area contributed by atoms with Gasteiger partial charge in [0.05, 0.1) is 6.54 Å². The van der Waals surface area contributed by atoms with Crippen molar-refractivity contribution in [1.82, 2.24) is 9.55 Å². The van der Waals surface area contributed by atoms with E-state index in [2.05, 4.69) is 46.9 Å². The highest BCUT2D eigenvalue weighted by Crippen LogP contribution is 2.21. The van der Waals surface area contributed by atoms with E-state index in [0.29, 0.717) is 18.1 Å². The summed E-state index contributed by atoms with van der Waals surface area (Å²) in [6.07, 6.45) is 2.06. The molecule has 0 bridgehead atoms. The Morgan fingerprint density at radius 2 is 2.05 bits per heavy atom. The highest BCUT2D eigenvalue weighted by atomic mass is 16.3. The van der Waals surface area contributed by atoms with Crippen LogP contribution in [0.15, 0.2) is 53.1 Å². The molecule has 21 heavy (non-hydrogen) atoms. The number of anilines is 1. The summed E-state index contributed by atoms with van der Waals surface area (Å²) in [5.74, 6) is 0.689. The molecule has 2 aromatic heterocycles. The van der Waals surface area contributed by atoms with Crippen molar-refractivity contribution in [2.45, 2.75) is 13.5 Å². The number of nitrogens with zero attached hydrogens (tertiary/aromatic N) is 2. The Bertz CT molecular complexity index is 949. The van der Waals surface area contributed by atoms with Gasteiger partial charge in [0.1, 0.15) is 5.52 Å². The van der Waals surface area contributed by atoms with Crippen LogP contribution in [0, 0.1) is 6.92 Å². The number of aryl methyl sites for hydroxylation is 1. The monoisotopic (exact) mass is 277 g/mol. The smallest absolute Gasteiger partial charge is 0.215 e. The number of oxazole rings is 1. The zero-order valence-electron chi connectivity index (χ0n) is 11.7. The fourth-order valence-corrected chi connectivity index (χ4v) is 2.66. The first-order chi connectivity index (χ1) is 10.2. The highest BCUT2D eigenvalue weighted by Gasteiger charge is 2.08. The Balaban J connectivity index is 1.75. The molecule has 4 rings (SSSR count). The minimum absolute atomic E-state index is 0.612. The molecule has 104 valence electrons. The maximum atomic E-state index is 5.78. The largest absolute Gasteiger partial charge is 0.439 e. The number of fused-ring (bicyclic) bond motifs is 2. The van der Waals surface area contributed by atoms with Crippen molar-refractivity contribution in [2.24, 2.45) is 0 Å². The predicted molar refractivity (Wildman–Crippen MR) is 84.2 cm³/mol. The first kappa shape index (κ1) is 12.0. The predicted octanol–water partition coefficient (Wildman–Crippen LogP) is 3.72. The number of aromatic nitrogens is 2. The van der Waals surface area contributed by atoms with Crippen molar-refractivity contribution in [3.63, 3.8) is 0 Å². The summed E-state index contributed by atoms with van der Waals surface area (Å²) in [4.78, 5) is 4.51. The van der Waals surface area contributed by atoms with Crippen LogP contribution >= 0.6 is 0 Å². The molecule has 0 aliphatic carbocycles. The topological polar surface area (TPSA) is 57.0 Å². The van der Waals surface area contributed by atoms with E-state index in [0.717, 1.165) is 11.1 Å². The second-order valence-corrected chi connectivity index (χ2v) is 5.34. The average Bonchev–Trinajstić information content (AvgIpc) is 3.02. The van der Waals surface area contributed by atoms with E-state index in [-0.39, 0.29) is 0 Å². The van der Waals surface area contributed by atoms with Gasteiger partial charge in [-0.05, 0) is 48.7 Å². The maximum Gasteiger partial charge on any atom is 0.215 e. The van der Waals surface area contributed by atoms with Gasteiger partial charge in [0.15, 0.2) is 5.58 Å². The standard InChI is InChI=1S/C17H15N3O/c1-11-2-4-15-12(8-11)6-7-20(15)10-17-19-14-9-13(18)3-5-16(14)21-17/h2-9H,10,18H2,1H3. The molecule has 0 atom stereocenters. The van der Waals surface area contributed by atoms with Crippen molar-refractivity contribution in [3.05, 3.63) is 60.1 Å². The van der Waals surface area contributed by atoms with E-state index in [1.807, 2.05) is 18.2 Å². The fourth-order valence-electron chi connectivity index (χ4n) is 2.66. The molecule has 0 saturated heterocycles. The second kappa shape index (κ2) is 4.38. The third-order valence-corrected chi connectivity index (χ3v) is 3.69. The second-order valence-electron chi connectivity index (χ2n) is 5.34. The van der Waals surface area contributed by atoms with Crippen LogP contribution in [0.25, 0.3) is 22.0 Å². The zero-order valence-corrected chi connectivity index (χ0v) is 11.7. The number of hydrogen-bond acceptors (Lipinski definition) is 3. The lowest BCUT2D eigenvalue weighted by Gasteiger charge is -2.02. The maximum absolute atomic E-state index is 5.78. The molecule has 4 aromatic rings. The lowest BCUT2D eigenvalue weighted by molar-refractivity contribution is 0.513. The van der Waals surface area contributed by atoms with E-state index in [4.69, 9.17) is 10.2 Å². The summed E-state index contributed by atoms with van der Waals surface area (Å²) < 4.78 is 7.92. The van der Waals surface area contributed by atoms with E-state index in [1.54, 1.807) is 0 Å². The average molecular weight is 277 g/mol. The Hall–Kier alpha value is -2.75. The third-order valence-electron chi connectivity index (χ3n) is 3.69. The third kappa shape index (κ3) is 2.05. The van der Waals surface area contributed by atoms with Gasteiger partial charge in [0, 0.05) is 17.4 Å². The lowest BCUT2D eigenvalue weighted by atomic mass is 10.2. The summed E-state index contributed by atoms with van der Waals surface area (Å²) in [6, 6.07) is 14.1. The Morgan fingerprint density at radius 3 is 2.95 bits per heavy atom. The van der Waals surface area contributed by atoms with E-state index in [1.165, 1.54) is 16.5 Å². The Kier molecular flexibility index (Phi) is 2.51. The van der Waals surface area contributed by atoms with Crippen LogP contribution in [0.4, 0.5) is 5.69 Å². The van der Waals surface area contributed by atoms with Crippen LogP contribution in [-0.4, -0.2) is 9.55 Å². The van der Waals surface area contributed by atoms with Crippen LogP contribution in [-0.2, 0) is 6.54 Å². The van der Waals surface area contributed by atoms with Crippen molar-refractivity contribution in [1.29, 1.82) is 0 Å². The molecule has 0 unspecified atom stereocenters. The summed E-state index contributed by atoms with van der Waals surface area (Å²) >= 11 is 0. The molecule has 4 nitrogen and oxygen atoms in total. The van der Waals surface area contributed by atoms with E-state index >= 15 is 0 Å². The number of hydrogen-bond donors (Lipinski definition) is 1. The van der Waals surface area contributed by atoms with Crippen molar-refractivity contribution < 1.29 is 4.42 Å². The molecular formula is C17H15N3O. The molecule has 0 amide bonds. The first-order valence-corrected chi connectivity index (χ1v) is 6.89. The lowest BCUT2D eigenvalue weighted by Crippen LogP contribution is -1.97. The summed E-state index contributed by atoms with van der Waals surface area (Å²) in [7, 11) is 0. The van der Waals surface area contributed by atoms with Gasteiger partial charge in [-0.25, -0.2) is 4.98 Å². The Labute approximate surface area is 121 Å². The van der Waals surface area contributed by atoms with Gasteiger partial charge in [-0.3, -0.25) is 0 Å². The minimum Gasteiger partial charge on any atom is -0.439 e. The van der Waals surface area contributed by atoms with Gasteiger partial charge in [-0.1, -0.05) is 11.6 Å². The molecular weight excluding hydrogens is 262 g/mol. The molecule has 2 heterocycles. The minimum atomic E-state index is 0.612. The fraction of sp³-hybridized carbons (Fsp3) is 0.118. The van der Waals surface area contributed by atoms with Gasteiger partial charge in [0.25, 0.3) is 0 Å². The first-order valence-electron chi connectivity index (χ1n) is 6.89. The quantitative estimate of drug-likeness (QED) is 0.568. The van der Waals surface area contributed by atoms with E-state index in [9.17, 15) is 0 Å². The molecule has 2 aromatic carbocycles. The van der Waals surface area contributed by atoms with Crippen LogP contribution in [0.3, 0.4) is 0 Å².